The summed E-state index contributed by atoms with van der Waals surface area (Å²) in [6, 6.07) is 13.9. The number of hydrogen-bond acceptors (Lipinski definition) is 5. The number of aromatic nitrogens is 2. The van der Waals surface area contributed by atoms with Crippen molar-refractivity contribution in [1.82, 2.24) is 9.97 Å². The molecule has 0 spiro atoms. The van der Waals surface area contributed by atoms with Gasteiger partial charge in [-0.15, -0.1) is 0 Å². The smallest absolute Gasteiger partial charge is 0.168 e. The van der Waals surface area contributed by atoms with Crippen molar-refractivity contribution in [3.05, 3.63) is 70.2 Å². The lowest BCUT2D eigenvalue weighted by Crippen LogP contribution is -2.17. The fourth-order valence-electron chi connectivity index (χ4n) is 3.17. The van der Waals surface area contributed by atoms with E-state index in [2.05, 4.69) is 38.0 Å². The molecule has 0 amide bonds. The number of H-pyrrole nitrogens is 1. The molecule has 0 aliphatic carbocycles. The highest BCUT2D eigenvalue weighted by Crippen LogP contribution is 2.34. The molecular weight excluding hydrogens is 358 g/mol. The Morgan fingerprint density at radius 2 is 2.15 bits per heavy atom. The van der Waals surface area contributed by atoms with Gasteiger partial charge >= 0.3 is 0 Å². The molecule has 0 saturated heterocycles. The number of nitrogens with zero attached hydrogens (tertiary/aromatic N) is 2. The number of nitrogens with two attached hydrogens (primary N) is 2. The first-order chi connectivity index (χ1) is 13.2. The van der Waals surface area contributed by atoms with Gasteiger partial charge in [0.15, 0.2) is 5.84 Å². The van der Waals surface area contributed by atoms with Crippen LogP contribution in [0.15, 0.2) is 58.3 Å². The second-order valence-electron chi connectivity index (χ2n) is 6.11. The van der Waals surface area contributed by atoms with Crippen LogP contribution in [-0.4, -0.2) is 22.9 Å². The number of aromatic amines is 1. The molecule has 0 aliphatic rings. The fourth-order valence-corrected chi connectivity index (χ4v) is 3.81. The van der Waals surface area contributed by atoms with Gasteiger partial charge in [-0.2, -0.15) is 16.4 Å². The summed E-state index contributed by atoms with van der Waals surface area (Å²) in [5.41, 5.74) is 11.7. The van der Waals surface area contributed by atoms with E-state index < -0.39 is 0 Å². The second kappa shape index (κ2) is 7.13. The number of rotatable bonds is 5. The van der Waals surface area contributed by atoms with Gasteiger partial charge in [0, 0.05) is 40.0 Å². The number of hydrogen-bond donors (Lipinski definition) is 3. The normalized spacial score (nSPS) is 11.8. The number of amidine groups is 1. The first kappa shape index (κ1) is 17.1. The van der Waals surface area contributed by atoms with Gasteiger partial charge in [-0.25, -0.2) is 4.98 Å². The summed E-state index contributed by atoms with van der Waals surface area (Å²) in [6.45, 7) is 0. The van der Waals surface area contributed by atoms with Gasteiger partial charge in [0.1, 0.15) is 11.4 Å². The van der Waals surface area contributed by atoms with Crippen molar-refractivity contribution in [2.45, 2.75) is 6.42 Å². The highest BCUT2D eigenvalue weighted by Gasteiger charge is 2.16. The van der Waals surface area contributed by atoms with Crippen molar-refractivity contribution >= 4 is 28.1 Å². The minimum absolute atomic E-state index is 0.221. The molecule has 4 rings (SSSR count). The first-order valence-corrected chi connectivity index (χ1v) is 9.34. The lowest BCUT2D eigenvalue weighted by molar-refractivity contribution is 0.415. The Morgan fingerprint density at radius 3 is 2.89 bits per heavy atom. The second-order valence-corrected chi connectivity index (χ2v) is 6.89. The van der Waals surface area contributed by atoms with E-state index >= 15 is 0 Å². The number of ether oxygens (including phenoxy) is 1. The third-order valence-electron chi connectivity index (χ3n) is 4.49. The molecule has 0 fully saturated rings. The molecule has 0 saturated carbocycles. The summed E-state index contributed by atoms with van der Waals surface area (Å²) < 4.78 is 5.37. The number of hydrazone groups is 1. The summed E-state index contributed by atoms with van der Waals surface area (Å²) in [5, 5.41) is 8.89. The molecule has 6 nitrogen and oxygen atoms in total. The van der Waals surface area contributed by atoms with Crippen LogP contribution >= 0.6 is 11.3 Å². The summed E-state index contributed by atoms with van der Waals surface area (Å²) in [4.78, 5) is 8.15. The maximum Gasteiger partial charge on any atom is 0.168 e. The molecule has 1 aromatic carbocycles. The predicted octanol–water partition coefficient (Wildman–Crippen LogP) is 3.47. The SMILES string of the molecule is COc1ccc2c(Cc3cccc(/C(N)=N/N)n3)c(-c3ccsc3)[nH]c2c1. The van der Waals surface area contributed by atoms with E-state index in [1.54, 1.807) is 24.5 Å². The van der Waals surface area contributed by atoms with E-state index in [1.165, 1.54) is 5.56 Å². The van der Waals surface area contributed by atoms with Crippen LogP contribution in [0.25, 0.3) is 22.2 Å². The maximum absolute atomic E-state index is 5.81. The van der Waals surface area contributed by atoms with Crippen LogP contribution in [0.3, 0.4) is 0 Å². The zero-order valence-electron chi connectivity index (χ0n) is 14.8. The van der Waals surface area contributed by atoms with E-state index in [4.69, 9.17) is 16.3 Å². The van der Waals surface area contributed by atoms with Crippen LogP contribution in [0, 0.1) is 0 Å². The Kier molecular flexibility index (Phi) is 4.52. The molecule has 0 atom stereocenters. The Bertz CT molecular complexity index is 1110. The average Bonchev–Trinajstić information content (AvgIpc) is 3.35. The van der Waals surface area contributed by atoms with Gasteiger partial charge in [0.2, 0.25) is 0 Å². The molecule has 3 aromatic heterocycles. The van der Waals surface area contributed by atoms with E-state index in [-0.39, 0.29) is 5.84 Å². The molecule has 4 aromatic rings. The van der Waals surface area contributed by atoms with Gasteiger partial charge in [-0.1, -0.05) is 6.07 Å². The van der Waals surface area contributed by atoms with Gasteiger partial charge in [0.25, 0.3) is 0 Å². The van der Waals surface area contributed by atoms with E-state index in [0.717, 1.165) is 33.6 Å². The highest BCUT2D eigenvalue weighted by atomic mass is 32.1. The van der Waals surface area contributed by atoms with Crippen molar-refractivity contribution in [2.24, 2.45) is 16.7 Å². The summed E-state index contributed by atoms with van der Waals surface area (Å²) in [6.07, 6.45) is 0.656. The van der Waals surface area contributed by atoms with Crippen molar-refractivity contribution in [3.8, 4) is 17.0 Å². The van der Waals surface area contributed by atoms with Crippen molar-refractivity contribution < 1.29 is 4.74 Å². The zero-order chi connectivity index (χ0) is 18.8. The molecule has 5 N–H and O–H groups in total. The molecule has 0 unspecified atom stereocenters. The van der Waals surface area contributed by atoms with Crippen LogP contribution in [0.1, 0.15) is 17.0 Å². The lowest BCUT2D eigenvalue weighted by atomic mass is 10.0. The Morgan fingerprint density at radius 1 is 1.26 bits per heavy atom. The Hall–Kier alpha value is -3.32. The first-order valence-electron chi connectivity index (χ1n) is 8.40. The molecule has 0 aliphatic heterocycles. The Balaban J connectivity index is 1.84. The molecule has 0 radical (unpaired) electrons. The third-order valence-corrected chi connectivity index (χ3v) is 5.17. The van der Waals surface area contributed by atoms with Gasteiger partial charge in [0.05, 0.1) is 12.8 Å². The van der Waals surface area contributed by atoms with E-state index in [9.17, 15) is 0 Å². The average molecular weight is 377 g/mol. The monoisotopic (exact) mass is 377 g/mol. The summed E-state index contributed by atoms with van der Waals surface area (Å²) in [7, 11) is 1.67. The number of nitrogens with one attached hydrogen (secondary N) is 1. The number of fused-ring (bicyclic) bond motifs is 1. The zero-order valence-corrected chi connectivity index (χ0v) is 15.6. The number of benzene rings is 1. The van der Waals surface area contributed by atoms with Crippen molar-refractivity contribution in [1.29, 1.82) is 0 Å². The van der Waals surface area contributed by atoms with Crippen LogP contribution in [0.4, 0.5) is 0 Å². The molecule has 136 valence electrons. The molecule has 27 heavy (non-hydrogen) atoms. The molecule has 7 heteroatoms. The van der Waals surface area contributed by atoms with Gasteiger partial charge < -0.3 is 21.3 Å². The van der Waals surface area contributed by atoms with Crippen LogP contribution in [0.2, 0.25) is 0 Å². The van der Waals surface area contributed by atoms with E-state index in [0.29, 0.717) is 12.1 Å². The summed E-state index contributed by atoms with van der Waals surface area (Å²) >= 11 is 1.67. The van der Waals surface area contributed by atoms with Crippen molar-refractivity contribution in [3.63, 3.8) is 0 Å². The minimum atomic E-state index is 0.221. The number of pyridine rings is 1. The minimum Gasteiger partial charge on any atom is -0.497 e. The molecule has 0 bridgehead atoms. The Labute approximate surface area is 160 Å². The van der Waals surface area contributed by atoms with E-state index in [1.807, 2.05) is 24.3 Å². The maximum atomic E-state index is 5.81. The van der Waals surface area contributed by atoms with Crippen LogP contribution in [-0.2, 0) is 6.42 Å². The highest BCUT2D eigenvalue weighted by molar-refractivity contribution is 7.08. The van der Waals surface area contributed by atoms with Gasteiger partial charge in [-0.05, 0) is 41.3 Å². The van der Waals surface area contributed by atoms with Crippen molar-refractivity contribution in [2.75, 3.05) is 7.11 Å². The molecule has 3 heterocycles. The van der Waals surface area contributed by atoms with Gasteiger partial charge in [-0.3, -0.25) is 0 Å². The standard InChI is InChI=1S/C20H19N5OS/c1-26-14-5-6-15-16(9-13-3-2-4-17(23-13)20(21)25-22)19(24-18(15)10-14)12-7-8-27-11-12/h2-8,10-11,24H,9,22H2,1H3,(H2,21,25). The summed E-state index contributed by atoms with van der Waals surface area (Å²) in [5.74, 6) is 6.33. The molecular formula is C20H19N5OS. The fraction of sp³-hybridized carbons (Fsp3) is 0.100. The number of methoxy groups -OCH3 is 1. The number of thiophene rings is 1. The van der Waals surface area contributed by atoms with Crippen LogP contribution in [0.5, 0.6) is 5.75 Å². The lowest BCUT2D eigenvalue weighted by Gasteiger charge is -2.06. The largest absolute Gasteiger partial charge is 0.497 e. The predicted molar refractivity (Wildman–Crippen MR) is 110 cm³/mol. The third kappa shape index (κ3) is 3.24. The topological polar surface area (TPSA) is 102 Å². The quantitative estimate of drug-likeness (QED) is 0.214. The van der Waals surface area contributed by atoms with Crippen LogP contribution < -0.4 is 16.3 Å².